The molecular weight excluding hydrogens is 447 g/mol. The SMILES string of the molecule is O=C(c1cc(F)c(F)cc1F)N1CCC2(CC1)O[C@@H]1CC[C@@H](c3cc(F)cc(F)c3)N1C2=O. The molecule has 0 saturated carbocycles. The van der Waals surface area contributed by atoms with Gasteiger partial charge in [0.25, 0.3) is 11.8 Å². The van der Waals surface area contributed by atoms with E-state index in [1.54, 1.807) is 0 Å². The number of halogens is 5. The van der Waals surface area contributed by atoms with Gasteiger partial charge in [-0.15, -0.1) is 0 Å². The molecule has 0 aliphatic carbocycles. The van der Waals surface area contributed by atoms with Crippen LogP contribution in [0.5, 0.6) is 0 Å². The predicted octanol–water partition coefficient (Wildman–Crippen LogP) is 4.08. The first-order valence-electron chi connectivity index (χ1n) is 10.6. The van der Waals surface area contributed by atoms with Crippen molar-refractivity contribution in [1.82, 2.24) is 9.80 Å². The molecule has 0 N–H and O–H groups in total. The number of likely N-dealkylation sites (tertiary alicyclic amines) is 1. The fourth-order valence-electron chi connectivity index (χ4n) is 5.07. The van der Waals surface area contributed by atoms with Gasteiger partial charge in [-0.3, -0.25) is 9.59 Å². The summed E-state index contributed by atoms with van der Waals surface area (Å²) in [6.45, 7) is 0.0889. The minimum Gasteiger partial charge on any atom is -0.342 e. The maximum absolute atomic E-state index is 14.0. The largest absolute Gasteiger partial charge is 0.342 e. The van der Waals surface area contributed by atoms with Gasteiger partial charge in [-0.1, -0.05) is 0 Å². The molecule has 2 aromatic rings. The van der Waals surface area contributed by atoms with E-state index < -0.39 is 58.4 Å². The predicted molar refractivity (Wildman–Crippen MR) is 104 cm³/mol. The number of benzene rings is 2. The van der Waals surface area contributed by atoms with Crippen molar-refractivity contribution in [2.24, 2.45) is 0 Å². The standard InChI is InChI=1S/C23H19F5N2O3/c24-13-7-12(8-14(25)9-13)19-1-2-20-30(19)22(32)23(33-20)3-5-29(6-4-23)21(31)15-10-17(27)18(28)11-16(15)26/h7-11,19-20H,1-6H2/t19-,20+/m0/s1. The Labute approximate surface area is 185 Å². The van der Waals surface area contributed by atoms with Gasteiger partial charge in [0.2, 0.25) is 0 Å². The normalized spacial score (nSPS) is 24.0. The fraction of sp³-hybridized carbons (Fsp3) is 0.391. The van der Waals surface area contributed by atoms with Crippen molar-refractivity contribution in [2.45, 2.75) is 43.6 Å². The summed E-state index contributed by atoms with van der Waals surface area (Å²) in [7, 11) is 0. The molecule has 5 nitrogen and oxygen atoms in total. The number of hydrogen-bond donors (Lipinski definition) is 0. The molecule has 2 atom stereocenters. The van der Waals surface area contributed by atoms with Crippen LogP contribution < -0.4 is 0 Å². The van der Waals surface area contributed by atoms with Crippen LogP contribution in [-0.4, -0.2) is 46.5 Å². The van der Waals surface area contributed by atoms with Crippen LogP contribution in [-0.2, 0) is 9.53 Å². The van der Waals surface area contributed by atoms with Gasteiger partial charge in [-0.2, -0.15) is 0 Å². The number of hydrogen-bond acceptors (Lipinski definition) is 3. The van der Waals surface area contributed by atoms with Crippen molar-refractivity contribution in [3.05, 3.63) is 70.5 Å². The average Bonchev–Trinajstić information content (AvgIpc) is 3.28. The van der Waals surface area contributed by atoms with Gasteiger partial charge >= 0.3 is 0 Å². The number of carbonyl (C=O) groups is 2. The lowest BCUT2D eigenvalue weighted by molar-refractivity contribution is -0.142. The summed E-state index contributed by atoms with van der Waals surface area (Å²) < 4.78 is 74.2. The van der Waals surface area contributed by atoms with Crippen molar-refractivity contribution in [1.29, 1.82) is 0 Å². The third kappa shape index (κ3) is 3.56. The third-order valence-corrected chi connectivity index (χ3v) is 6.69. The average molecular weight is 466 g/mol. The molecule has 2 amide bonds. The minimum atomic E-state index is -1.39. The number of piperidine rings is 1. The summed E-state index contributed by atoms with van der Waals surface area (Å²) in [5, 5.41) is 0. The van der Waals surface area contributed by atoms with Crippen LogP contribution in [0, 0.1) is 29.1 Å². The first kappa shape index (κ1) is 21.8. The maximum Gasteiger partial charge on any atom is 0.257 e. The second-order valence-electron chi connectivity index (χ2n) is 8.61. The lowest BCUT2D eigenvalue weighted by atomic mass is 9.89. The van der Waals surface area contributed by atoms with Crippen molar-refractivity contribution in [2.75, 3.05) is 13.1 Å². The first-order chi connectivity index (χ1) is 15.7. The first-order valence-corrected chi connectivity index (χ1v) is 10.6. The fourth-order valence-corrected chi connectivity index (χ4v) is 5.07. The highest BCUT2D eigenvalue weighted by molar-refractivity contribution is 5.95. The van der Waals surface area contributed by atoms with E-state index in [-0.39, 0.29) is 31.8 Å². The van der Waals surface area contributed by atoms with E-state index in [0.29, 0.717) is 30.5 Å². The van der Waals surface area contributed by atoms with Crippen LogP contribution in [0.15, 0.2) is 30.3 Å². The molecule has 3 heterocycles. The monoisotopic (exact) mass is 466 g/mol. The highest BCUT2D eigenvalue weighted by atomic mass is 19.2. The summed E-state index contributed by atoms with van der Waals surface area (Å²) in [6.07, 6.45) is 0.703. The summed E-state index contributed by atoms with van der Waals surface area (Å²) in [5.74, 6) is -6.47. The van der Waals surface area contributed by atoms with Crippen LogP contribution in [0.25, 0.3) is 0 Å². The van der Waals surface area contributed by atoms with E-state index in [9.17, 15) is 31.5 Å². The lowest BCUT2D eigenvalue weighted by Crippen LogP contribution is -2.51. The minimum absolute atomic E-state index is 0.0445. The molecule has 3 saturated heterocycles. The highest BCUT2D eigenvalue weighted by Gasteiger charge is 2.58. The molecule has 10 heteroatoms. The van der Waals surface area contributed by atoms with E-state index in [0.717, 1.165) is 6.07 Å². The zero-order chi connectivity index (χ0) is 23.5. The second kappa shape index (κ2) is 7.79. The third-order valence-electron chi connectivity index (χ3n) is 6.69. The second-order valence-corrected chi connectivity index (χ2v) is 8.61. The molecule has 0 radical (unpaired) electrons. The maximum atomic E-state index is 14.0. The van der Waals surface area contributed by atoms with Crippen LogP contribution in [0.1, 0.15) is 47.6 Å². The van der Waals surface area contributed by atoms with Crippen molar-refractivity contribution < 1.29 is 36.3 Å². The van der Waals surface area contributed by atoms with Gasteiger partial charge in [0.1, 0.15) is 23.7 Å². The zero-order valence-electron chi connectivity index (χ0n) is 17.3. The Kier molecular flexibility index (Phi) is 5.15. The van der Waals surface area contributed by atoms with Crippen LogP contribution in [0.3, 0.4) is 0 Å². The number of ether oxygens (including phenoxy) is 1. The van der Waals surface area contributed by atoms with Gasteiger partial charge in [-0.05, 0) is 36.6 Å². The van der Waals surface area contributed by atoms with Crippen LogP contribution in [0.4, 0.5) is 22.0 Å². The molecular formula is C23H19F5N2O3. The van der Waals surface area contributed by atoms with E-state index in [1.165, 1.54) is 21.9 Å². The van der Waals surface area contributed by atoms with Crippen LogP contribution >= 0.6 is 0 Å². The molecule has 0 bridgehead atoms. The Morgan fingerprint density at radius 1 is 0.879 bits per heavy atom. The molecule has 5 rings (SSSR count). The smallest absolute Gasteiger partial charge is 0.257 e. The number of amides is 2. The van der Waals surface area contributed by atoms with Gasteiger partial charge in [-0.25, -0.2) is 22.0 Å². The van der Waals surface area contributed by atoms with E-state index in [4.69, 9.17) is 4.74 Å². The van der Waals surface area contributed by atoms with Gasteiger partial charge in [0.05, 0.1) is 11.6 Å². The topological polar surface area (TPSA) is 49.9 Å². The molecule has 3 fully saturated rings. The van der Waals surface area contributed by atoms with E-state index in [1.807, 2.05) is 0 Å². The summed E-state index contributed by atoms with van der Waals surface area (Å²) in [5.41, 5.74) is -1.43. The number of rotatable bonds is 2. The number of fused-ring (bicyclic) bond motifs is 1. The Balaban J connectivity index is 1.32. The quantitative estimate of drug-likeness (QED) is 0.495. The molecule has 2 aromatic carbocycles. The van der Waals surface area contributed by atoms with Gasteiger partial charge < -0.3 is 14.5 Å². The molecule has 3 aliphatic heterocycles. The molecule has 174 valence electrons. The summed E-state index contributed by atoms with van der Waals surface area (Å²) in [6, 6.07) is 3.48. The number of carbonyl (C=O) groups excluding carboxylic acids is 2. The van der Waals surface area contributed by atoms with Crippen molar-refractivity contribution in [3.8, 4) is 0 Å². The zero-order valence-corrected chi connectivity index (χ0v) is 17.3. The molecule has 3 aliphatic rings. The Morgan fingerprint density at radius 2 is 1.52 bits per heavy atom. The van der Waals surface area contributed by atoms with E-state index >= 15 is 0 Å². The molecule has 0 aromatic heterocycles. The van der Waals surface area contributed by atoms with E-state index in [2.05, 4.69) is 0 Å². The lowest BCUT2D eigenvalue weighted by Gasteiger charge is -2.37. The Morgan fingerprint density at radius 3 is 2.18 bits per heavy atom. The Hall–Kier alpha value is -3.01. The van der Waals surface area contributed by atoms with Gasteiger partial charge in [0.15, 0.2) is 17.2 Å². The number of nitrogens with zero attached hydrogens (tertiary/aromatic N) is 2. The molecule has 1 spiro atoms. The Bertz CT molecular complexity index is 1130. The highest BCUT2D eigenvalue weighted by Crippen LogP contribution is 2.47. The van der Waals surface area contributed by atoms with Crippen molar-refractivity contribution >= 4 is 11.8 Å². The van der Waals surface area contributed by atoms with Gasteiger partial charge in [0, 0.05) is 38.1 Å². The summed E-state index contributed by atoms with van der Waals surface area (Å²) >= 11 is 0. The molecule has 0 unspecified atom stereocenters. The van der Waals surface area contributed by atoms with Crippen LogP contribution in [0.2, 0.25) is 0 Å². The summed E-state index contributed by atoms with van der Waals surface area (Å²) in [4.78, 5) is 28.8. The molecule has 33 heavy (non-hydrogen) atoms. The van der Waals surface area contributed by atoms with Crippen molar-refractivity contribution in [3.63, 3.8) is 0 Å².